The molecule has 1 heterocycles. The predicted molar refractivity (Wildman–Crippen MR) is 51.6 cm³/mol. The summed E-state index contributed by atoms with van der Waals surface area (Å²) in [5.41, 5.74) is 0. The van der Waals surface area contributed by atoms with Crippen LogP contribution < -0.4 is 0 Å². The summed E-state index contributed by atoms with van der Waals surface area (Å²) in [7, 11) is 0. The van der Waals surface area contributed by atoms with E-state index >= 15 is 0 Å². The van der Waals surface area contributed by atoms with Crippen molar-refractivity contribution in [2.75, 3.05) is 19.6 Å². The Bertz CT molecular complexity index is 201. The van der Waals surface area contributed by atoms with E-state index in [4.69, 9.17) is 5.11 Å². The van der Waals surface area contributed by atoms with Crippen molar-refractivity contribution in [2.24, 2.45) is 5.92 Å². The number of hydrogen-bond donors (Lipinski definition) is 1. The number of likely N-dealkylation sites (tertiary alicyclic amines) is 1. The van der Waals surface area contributed by atoms with E-state index in [-0.39, 0.29) is 6.42 Å². The summed E-state index contributed by atoms with van der Waals surface area (Å²) in [5, 5.41) is 8.42. The Morgan fingerprint density at radius 1 is 1.69 bits per heavy atom. The number of carboxylic acid groups (broad SMARTS) is 1. The van der Waals surface area contributed by atoms with Crippen molar-refractivity contribution in [1.82, 2.24) is 4.90 Å². The van der Waals surface area contributed by atoms with Gasteiger partial charge in [0.25, 0.3) is 0 Å². The van der Waals surface area contributed by atoms with Gasteiger partial charge in [0.1, 0.15) is 0 Å². The zero-order chi connectivity index (χ0) is 9.68. The fourth-order valence-corrected chi connectivity index (χ4v) is 1.67. The normalized spacial score (nSPS) is 24.2. The molecule has 0 amide bonds. The molecule has 1 unspecified atom stereocenters. The molecule has 0 spiro atoms. The molecule has 1 atom stereocenters. The molecule has 1 N–H and O–H groups in total. The van der Waals surface area contributed by atoms with Crippen LogP contribution in [0.3, 0.4) is 0 Å². The van der Waals surface area contributed by atoms with Gasteiger partial charge < -0.3 is 10.0 Å². The Labute approximate surface area is 79.0 Å². The Morgan fingerprint density at radius 3 is 3.00 bits per heavy atom. The van der Waals surface area contributed by atoms with Crippen molar-refractivity contribution >= 4 is 5.97 Å². The molecule has 0 saturated carbocycles. The molecular formula is C10H17NO2. The Kier molecular flexibility index (Phi) is 3.96. The molecule has 0 aliphatic carbocycles. The number of nitrogens with zero attached hydrogens (tertiary/aromatic N) is 1. The first-order valence-electron chi connectivity index (χ1n) is 4.83. The lowest BCUT2D eigenvalue weighted by Gasteiger charge is -2.10. The molecule has 1 rings (SSSR count). The predicted octanol–water partition coefficient (Wildman–Crippen LogP) is 1.36. The molecule has 74 valence electrons. The highest BCUT2D eigenvalue weighted by molar-refractivity contribution is 5.68. The van der Waals surface area contributed by atoms with Gasteiger partial charge in [0, 0.05) is 6.54 Å². The number of aliphatic carboxylic acids is 1. The second kappa shape index (κ2) is 5.02. The lowest BCUT2D eigenvalue weighted by molar-refractivity contribution is -0.136. The van der Waals surface area contributed by atoms with Gasteiger partial charge in [-0.1, -0.05) is 19.1 Å². The third-order valence-corrected chi connectivity index (χ3v) is 2.46. The molecular weight excluding hydrogens is 166 g/mol. The van der Waals surface area contributed by atoms with Gasteiger partial charge in [-0.05, 0) is 25.4 Å². The van der Waals surface area contributed by atoms with Gasteiger partial charge in [-0.15, -0.1) is 0 Å². The molecule has 3 nitrogen and oxygen atoms in total. The Morgan fingerprint density at radius 2 is 2.46 bits per heavy atom. The van der Waals surface area contributed by atoms with Gasteiger partial charge in [0.05, 0.1) is 6.42 Å². The molecule has 1 aliphatic heterocycles. The van der Waals surface area contributed by atoms with E-state index in [0.29, 0.717) is 5.92 Å². The van der Waals surface area contributed by atoms with Crippen LogP contribution in [-0.4, -0.2) is 35.6 Å². The van der Waals surface area contributed by atoms with E-state index in [1.807, 2.05) is 6.08 Å². The first-order chi connectivity index (χ1) is 6.22. The third kappa shape index (κ3) is 3.59. The van der Waals surface area contributed by atoms with Crippen LogP contribution >= 0.6 is 0 Å². The summed E-state index contributed by atoms with van der Waals surface area (Å²) in [6.45, 7) is 5.50. The molecule has 1 fully saturated rings. The summed E-state index contributed by atoms with van der Waals surface area (Å²) in [5.74, 6) is -0.180. The van der Waals surface area contributed by atoms with E-state index < -0.39 is 5.97 Å². The highest BCUT2D eigenvalue weighted by Gasteiger charge is 2.18. The summed E-state index contributed by atoms with van der Waals surface area (Å²) < 4.78 is 0. The van der Waals surface area contributed by atoms with Crippen LogP contribution in [0, 0.1) is 5.92 Å². The average molecular weight is 183 g/mol. The zero-order valence-corrected chi connectivity index (χ0v) is 8.07. The van der Waals surface area contributed by atoms with Crippen LogP contribution in [0.4, 0.5) is 0 Å². The van der Waals surface area contributed by atoms with E-state index in [1.54, 1.807) is 6.08 Å². The SMILES string of the molecule is CCN1CCC(/C=C\CC(=O)O)C1. The summed E-state index contributed by atoms with van der Waals surface area (Å²) in [4.78, 5) is 12.6. The van der Waals surface area contributed by atoms with Gasteiger partial charge in [0.2, 0.25) is 0 Å². The van der Waals surface area contributed by atoms with Crippen molar-refractivity contribution in [3.8, 4) is 0 Å². The van der Waals surface area contributed by atoms with Crippen LogP contribution in [0.15, 0.2) is 12.2 Å². The van der Waals surface area contributed by atoms with Crippen LogP contribution in [0.1, 0.15) is 19.8 Å². The molecule has 1 saturated heterocycles. The maximum Gasteiger partial charge on any atom is 0.307 e. The summed E-state index contributed by atoms with van der Waals surface area (Å²) >= 11 is 0. The molecule has 0 radical (unpaired) electrons. The fourth-order valence-electron chi connectivity index (χ4n) is 1.67. The molecule has 0 aromatic carbocycles. The highest BCUT2D eigenvalue weighted by Crippen LogP contribution is 2.16. The first-order valence-corrected chi connectivity index (χ1v) is 4.83. The van der Waals surface area contributed by atoms with Gasteiger partial charge in [0.15, 0.2) is 0 Å². The van der Waals surface area contributed by atoms with Gasteiger partial charge in [-0.2, -0.15) is 0 Å². The number of carbonyl (C=O) groups is 1. The summed E-state index contributed by atoms with van der Waals surface area (Å²) in [6, 6.07) is 0. The van der Waals surface area contributed by atoms with Gasteiger partial charge in [-0.3, -0.25) is 4.79 Å². The molecule has 0 aromatic rings. The van der Waals surface area contributed by atoms with E-state index in [9.17, 15) is 4.79 Å². The summed E-state index contributed by atoms with van der Waals surface area (Å²) in [6.07, 6.45) is 5.14. The lowest BCUT2D eigenvalue weighted by atomic mass is 10.1. The Hall–Kier alpha value is -0.830. The van der Waals surface area contributed by atoms with Crippen molar-refractivity contribution in [3.63, 3.8) is 0 Å². The number of hydrogen-bond acceptors (Lipinski definition) is 2. The standard InChI is InChI=1S/C10H17NO2/c1-2-11-7-6-9(8-11)4-3-5-10(12)13/h3-4,9H,2,5-8H2,1H3,(H,12,13)/b4-3-. The van der Waals surface area contributed by atoms with Crippen LogP contribution in [-0.2, 0) is 4.79 Å². The van der Waals surface area contributed by atoms with Gasteiger partial charge in [-0.25, -0.2) is 0 Å². The van der Waals surface area contributed by atoms with E-state index in [2.05, 4.69) is 11.8 Å². The average Bonchev–Trinajstić information content (AvgIpc) is 2.52. The van der Waals surface area contributed by atoms with E-state index in [0.717, 1.165) is 19.6 Å². The van der Waals surface area contributed by atoms with Crippen molar-refractivity contribution < 1.29 is 9.90 Å². The number of rotatable bonds is 4. The number of carboxylic acids is 1. The Balaban J connectivity index is 2.23. The minimum atomic E-state index is -0.749. The zero-order valence-electron chi connectivity index (χ0n) is 8.07. The van der Waals surface area contributed by atoms with Crippen molar-refractivity contribution in [1.29, 1.82) is 0 Å². The molecule has 3 heteroatoms. The second-order valence-electron chi connectivity index (χ2n) is 3.47. The van der Waals surface area contributed by atoms with Crippen molar-refractivity contribution in [3.05, 3.63) is 12.2 Å². The fraction of sp³-hybridized carbons (Fsp3) is 0.700. The smallest absolute Gasteiger partial charge is 0.307 e. The highest BCUT2D eigenvalue weighted by atomic mass is 16.4. The monoisotopic (exact) mass is 183 g/mol. The first kappa shape index (κ1) is 10.3. The second-order valence-corrected chi connectivity index (χ2v) is 3.47. The van der Waals surface area contributed by atoms with Crippen LogP contribution in [0.5, 0.6) is 0 Å². The largest absolute Gasteiger partial charge is 0.481 e. The quantitative estimate of drug-likeness (QED) is 0.669. The van der Waals surface area contributed by atoms with Crippen LogP contribution in [0.2, 0.25) is 0 Å². The molecule has 0 aromatic heterocycles. The molecule has 13 heavy (non-hydrogen) atoms. The minimum absolute atomic E-state index is 0.155. The van der Waals surface area contributed by atoms with E-state index in [1.165, 1.54) is 6.42 Å². The third-order valence-electron chi connectivity index (χ3n) is 2.46. The minimum Gasteiger partial charge on any atom is -0.481 e. The maximum atomic E-state index is 10.2. The topological polar surface area (TPSA) is 40.5 Å². The molecule has 1 aliphatic rings. The molecule has 0 bridgehead atoms. The van der Waals surface area contributed by atoms with Gasteiger partial charge >= 0.3 is 5.97 Å². The van der Waals surface area contributed by atoms with Crippen LogP contribution in [0.25, 0.3) is 0 Å². The maximum absolute atomic E-state index is 10.2. The lowest BCUT2D eigenvalue weighted by Crippen LogP contribution is -2.19. The van der Waals surface area contributed by atoms with Crippen molar-refractivity contribution in [2.45, 2.75) is 19.8 Å².